The SMILES string of the molecule is CC(=O)OC[C@H]1O[C@H](OC[C@H]2O[C@@H](OC[C@@H](COCC[C@H](C)CCC[C@H](C)CCC[C@H](C)CCCC(C)C)OCC[C@H](C)CCC[C@H](C)CCC[C@H](C)CCCC(C)C)[C@H](OC(C)=O)[C@@H](OC(C)=O)[C@@H]2OC(C)=O)[C@H](OC(C)=O)[C@@H](OC(C)=O)[C@H]1OC(C)=O. The van der Waals surface area contributed by atoms with Crippen molar-refractivity contribution in [3.63, 3.8) is 0 Å². The minimum absolute atomic E-state index is 0.146. The van der Waals surface area contributed by atoms with Gasteiger partial charge in [-0.25, -0.2) is 0 Å². The van der Waals surface area contributed by atoms with E-state index in [0.29, 0.717) is 36.9 Å². The van der Waals surface area contributed by atoms with Crippen molar-refractivity contribution >= 4 is 41.8 Å². The van der Waals surface area contributed by atoms with Gasteiger partial charge in [0.15, 0.2) is 49.2 Å². The standard InChI is InChI=1S/C69H122O20/c1-44(2)24-18-26-46(5)28-20-30-48(7)32-22-34-50(9)36-38-77-40-59(78-39-37-51(10)35-23-33-49(8)31-21-29-47(6)27-19-25-45(3)4)41-80-68-66(86-57(16)75)65(85-56(15)74)63(83-54(13)72)61(89-68)43-81-69-67(87-58(17)76)64(84-55(14)73)62(82-53(12)71)60(88-69)42-79-52(11)70/h44-51,59-69H,18-43H2,1-17H3/t46-,47-,48-,49-,50-,51-,59-,60-,61-,62+,63-,64+,65+,66-,67-,68-,69+/m1/s1. The second kappa shape index (κ2) is 45.4. The molecule has 0 aromatic heterocycles. The van der Waals surface area contributed by atoms with Crippen LogP contribution in [0.25, 0.3) is 0 Å². The molecule has 2 aliphatic rings. The molecule has 0 aliphatic carbocycles. The van der Waals surface area contributed by atoms with Crippen molar-refractivity contribution in [1.82, 2.24) is 0 Å². The molecule has 17 atom stereocenters. The Kier molecular flexibility index (Phi) is 41.4. The zero-order valence-electron chi connectivity index (χ0n) is 58.0. The van der Waals surface area contributed by atoms with Gasteiger partial charge in [0.05, 0.1) is 19.8 Å². The zero-order chi connectivity index (χ0) is 66.6. The van der Waals surface area contributed by atoms with Gasteiger partial charge in [-0.2, -0.15) is 0 Å². The molecule has 89 heavy (non-hydrogen) atoms. The lowest BCUT2D eigenvalue weighted by Crippen LogP contribution is -2.65. The van der Waals surface area contributed by atoms with E-state index in [1.54, 1.807) is 0 Å². The summed E-state index contributed by atoms with van der Waals surface area (Å²) in [5.74, 6) is -0.443. The first kappa shape index (κ1) is 81.1. The van der Waals surface area contributed by atoms with E-state index in [0.717, 1.165) is 111 Å². The summed E-state index contributed by atoms with van der Waals surface area (Å²) in [6.45, 7) is 30.8. The van der Waals surface area contributed by atoms with Gasteiger partial charge >= 0.3 is 41.8 Å². The fourth-order valence-corrected chi connectivity index (χ4v) is 11.8. The van der Waals surface area contributed by atoms with E-state index < -0.39 is 123 Å². The summed E-state index contributed by atoms with van der Waals surface area (Å²) in [6.07, 6.45) is 8.19. The summed E-state index contributed by atoms with van der Waals surface area (Å²) in [4.78, 5) is 88.3. The quantitative estimate of drug-likeness (QED) is 0.0312. The molecule has 0 radical (unpaired) electrons. The monoisotopic (exact) mass is 1270 g/mol. The summed E-state index contributed by atoms with van der Waals surface area (Å²) >= 11 is 0. The molecule has 518 valence electrons. The van der Waals surface area contributed by atoms with Gasteiger partial charge in [0.25, 0.3) is 0 Å². The van der Waals surface area contributed by atoms with Gasteiger partial charge < -0.3 is 61.6 Å². The number of ether oxygens (including phenoxy) is 13. The lowest BCUT2D eigenvalue weighted by Gasteiger charge is -2.46. The smallest absolute Gasteiger partial charge is 0.303 e. The van der Waals surface area contributed by atoms with Crippen molar-refractivity contribution in [2.45, 2.75) is 314 Å². The molecular formula is C69H122O20. The van der Waals surface area contributed by atoms with Gasteiger partial charge in [-0.3, -0.25) is 33.6 Å². The first-order chi connectivity index (χ1) is 42.0. The fraction of sp³-hybridized carbons (Fsp3) is 0.899. The van der Waals surface area contributed by atoms with E-state index in [4.69, 9.17) is 61.6 Å². The summed E-state index contributed by atoms with van der Waals surface area (Å²) in [5, 5.41) is 0. The van der Waals surface area contributed by atoms with E-state index in [1.807, 2.05) is 0 Å². The Balaban J connectivity index is 2.37. The largest absolute Gasteiger partial charge is 0.463 e. The summed E-state index contributed by atoms with van der Waals surface area (Å²) in [5.41, 5.74) is 0. The Morgan fingerprint density at radius 2 is 0.629 bits per heavy atom. The van der Waals surface area contributed by atoms with E-state index >= 15 is 0 Å². The van der Waals surface area contributed by atoms with Crippen molar-refractivity contribution in [1.29, 1.82) is 0 Å². The Hall–Kier alpha value is -3.95. The zero-order valence-corrected chi connectivity index (χ0v) is 58.0. The van der Waals surface area contributed by atoms with Crippen molar-refractivity contribution in [3.05, 3.63) is 0 Å². The van der Waals surface area contributed by atoms with Crippen molar-refractivity contribution in [2.75, 3.05) is 39.6 Å². The Morgan fingerprint density at radius 3 is 0.978 bits per heavy atom. The molecule has 0 bridgehead atoms. The number of carbonyl (C=O) groups is 7. The minimum atomic E-state index is -1.67. The highest BCUT2D eigenvalue weighted by Gasteiger charge is 2.56. The number of hydrogen-bond acceptors (Lipinski definition) is 20. The van der Waals surface area contributed by atoms with Crippen LogP contribution in [-0.4, -0.2) is 149 Å². The van der Waals surface area contributed by atoms with Crippen LogP contribution in [-0.2, 0) is 95.1 Å². The maximum atomic E-state index is 12.9. The second-order valence-corrected chi connectivity index (χ2v) is 27.1. The van der Waals surface area contributed by atoms with E-state index in [-0.39, 0.29) is 13.2 Å². The van der Waals surface area contributed by atoms with E-state index in [1.165, 1.54) is 89.9 Å². The van der Waals surface area contributed by atoms with Gasteiger partial charge in [-0.05, 0) is 60.2 Å². The molecule has 0 aromatic carbocycles. The Labute approximate surface area is 535 Å². The molecule has 2 heterocycles. The second-order valence-electron chi connectivity index (χ2n) is 27.1. The van der Waals surface area contributed by atoms with Crippen LogP contribution in [0.5, 0.6) is 0 Å². The van der Waals surface area contributed by atoms with Crippen molar-refractivity contribution < 1.29 is 95.1 Å². The molecule has 2 aliphatic heterocycles. The molecular weight excluding hydrogens is 1150 g/mol. The molecule has 0 N–H and O–H groups in total. The maximum absolute atomic E-state index is 12.9. The lowest BCUT2D eigenvalue weighted by atomic mass is 9.91. The van der Waals surface area contributed by atoms with Crippen LogP contribution in [0.4, 0.5) is 0 Å². The topological polar surface area (TPSA) is 239 Å². The van der Waals surface area contributed by atoms with Gasteiger partial charge in [0.2, 0.25) is 0 Å². The third-order valence-electron chi connectivity index (χ3n) is 16.9. The average molecular weight is 1270 g/mol. The molecule has 2 fully saturated rings. The molecule has 2 rings (SSSR count). The van der Waals surface area contributed by atoms with Crippen LogP contribution < -0.4 is 0 Å². The molecule has 2 saturated heterocycles. The van der Waals surface area contributed by atoms with Crippen molar-refractivity contribution in [2.24, 2.45) is 47.3 Å². The van der Waals surface area contributed by atoms with Gasteiger partial charge in [-0.1, -0.05) is 185 Å². The Bertz CT molecular complexity index is 2000. The summed E-state index contributed by atoms with van der Waals surface area (Å²) < 4.78 is 77.6. The third kappa shape index (κ3) is 36.8. The van der Waals surface area contributed by atoms with Crippen LogP contribution in [0.1, 0.15) is 246 Å². The molecule has 0 saturated carbocycles. The maximum Gasteiger partial charge on any atom is 0.303 e. The predicted octanol–water partition coefficient (Wildman–Crippen LogP) is 13.0. The first-order valence-electron chi connectivity index (χ1n) is 33.9. The molecule has 20 nitrogen and oxygen atoms in total. The van der Waals surface area contributed by atoms with Gasteiger partial charge in [0.1, 0.15) is 24.9 Å². The van der Waals surface area contributed by atoms with Gasteiger partial charge in [-0.15, -0.1) is 0 Å². The molecule has 20 heteroatoms. The highest BCUT2D eigenvalue weighted by molar-refractivity contribution is 5.69. The number of hydrogen-bond donors (Lipinski definition) is 0. The minimum Gasteiger partial charge on any atom is -0.463 e. The highest BCUT2D eigenvalue weighted by atomic mass is 16.8. The highest BCUT2D eigenvalue weighted by Crippen LogP contribution is 2.34. The number of rotatable bonds is 47. The van der Waals surface area contributed by atoms with Crippen LogP contribution in [0.15, 0.2) is 0 Å². The first-order valence-corrected chi connectivity index (χ1v) is 33.9. The van der Waals surface area contributed by atoms with Crippen LogP contribution >= 0.6 is 0 Å². The van der Waals surface area contributed by atoms with Crippen LogP contribution in [0, 0.1) is 47.3 Å². The summed E-state index contributed by atoms with van der Waals surface area (Å²) in [6, 6.07) is 0. The molecule has 0 aromatic rings. The molecule has 0 amide bonds. The third-order valence-corrected chi connectivity index (χ3v) is 16.9. The van der Waals surface area contributed by atoms with Crippen LogP contribution in [0.3, 0.4) is 0 Å². The normalized spacial score (nSPS) is 24.3. The lowest BCUT2D eigenvalue weighted by molar-refractivity contribution is -0.336. The van der Waals surface area contributed by atoms with Crippen LogP contribution in [0.2, 0.25) is 0 Å². The molecule has 0 unspecified atom stereocenters. The molecule has 0 spiro atoms. The van der Waals surface area contributed by atoms with E-state index in [9.17, 15) is 33.6 Å². The number of carbonyl (C=O) groups excluding carboxylic acids is 7. The van der Waals surface area contributed by atoms with Crippen molar-refractivity contribution in [3.8, 4) is 0 Å². The predicted molar refractivity (Wildman–Crippen MR) is 337 cm³/mol. The number of esters is 7. The Morgan fingerprint density at radius 1 is 0.326 bits per heavy atom. The van der Waals surface area contributed by atoms with Gasteiger partial charge in [0, 0.05) is 61.7 Å². The average Bonchev–Trinajstić information content (AvgIpc) is 1.06. The van der Waals surface area contributed by atoms with E-state index in [2.05, 4.69) is 69.2 Å². The summed E-state index contributed by atoms with van der Waals surface area (Å²) in [7, 11) is 0. The fourth-order valence-electron chi connectivity index (χ4n) is 11.8.